The first kappa shape index (κ1) is 20.9. The maximum absolute atomic E-state index is 12.4. The normalized spacial score (nSPS) is 14.7. The average Bonchev–Trinajstić information content (AvgIpc) is 3.31. The van der Waals surface area contributed by atoms with E-state index in [2.05, 4.69) is 25.2 Å². The first-order chi connectivity index (χ1) is 15.1. The second-order valence-electron chi connectivity index (χ2n) is 6.79. The van der Waals surface area contributed by atoms with Crippen LogP contribution in [0.15, 0.2) is 48.1 Å². The Balaban J connectivity index is 1.32. The highest BCUT2D eigenvalue weighted by Crippen LogP contribution is 2.21. The molecule has 1 aliphatic heterocycles. The van der Waals surface area contributed by atoms with Crippen molar-refractivity contribution in [2.45, 2.75) is 13.0 Å². The van der Waals surface area contributed by atoms with E-state index < -0.39 is 18.0 Å². The summed E-state index contributed by atoms with van der Waals surface area (Å²) in [6, 6.07) is 9.23. The summed E-state index contributed by atoms with van der Waals surface area (Å²) in [6.45, 7) is 4.62. The van der Waals surface area contributed by atoms with Gasteiger partial charge in [0.25, 0.3) is 5.91 Å². The number of anilines is 2. The molecule has 3 aromatic rings. The summed E-state index contributed by atoms with van der Waals surface area (Å²) in [5, 5.41) is 4.83. The fraction of sp³-hybridized carbons (Fsp3) is 0.286. The first-order valence-electron chi connectivity index (χ1n) is 9.77. The second kappa shape index (κ2) is 9.63. The van der Waals surface area contributed by atoms with Gasteiger partial charge in [-0.25, -0.2) is 19.7 Å². The number of ether oxygens (including phenoxy) is 2. The summed E-state index contributed by atoms with van der Waals surface area (Å²) >= 11 is 1.23. The number of morpholine rings is 1. The molecule has 1 atom stereocenters. The summed E-state index contributed by atoms with van der Waals surface area (Å²) in [6.07, 6.45) is 2.22. The highest BCUT2D eigenvalue weighted by molar-refractivity contribution is 7.13. The molecule has 0 radical (unpaired) electrons. The second-order valence-corrected chi connectivity index (χ2v) is 7.65. The van der Waals surface area contributed by atoms with Crippen LogP contribution in [0, 0.1) is 0 Å². The SMILES string of the molecule is CC(OC(=O)c1csc(-c2ncccn2)n1)C(=O)Nc1ccc(N2CCOCC2)cc1. The van der Waals surface area contributed by atoms with Gasteiger partial charge in [0.05, 0.1) is 13.2 Å². The molecule has 2 aromatic heterocycles. The number of hydrogen-bond acceptors (Lipinski definition) is 9. The van der Waals surface area contributed by atoms with E-state index in [4.69, 9.17) is 9.47 Å². The quantitative estimate of drug-likeness (QED) is 0.584. The van der Waals surface area contributed by atoms with Crippen LogP contribution >= 0.6 is 11.3 Å². The maximum Gasteiger partial charge on any atom is 0.358 e. The lowest BCUT2D eigenvalue weighted by atomic mass is 10.2. The molecule has 9 nitrogen and oxygen atoms in total. The molecule has 0 aliphatic carbocycles. The molecule has 1 unspecified atom stereocenters. The van der Waals surface area contributed by atoms with Crippen molar-refractivity contribution >= 4 is 34.6 Å². The first-order valence-corrected chi connectivity index (χ1v) is 10.7. The largest absolute Gasteiger partial charge is 0.448 e. The van der Waals surface area contributed by atoms with Crippen molar-refractivity contribution in [2.75, 3.05) is 36.5 Å². The van der Waals surface area contributed by atoms with E-state index in [1.165, 1.54) is 18.3 Å². The Morgan fingerprint density at radius 3 is 2.58 bits per heavy atom. The van der Waals surface area contributed by atoms with Crippen LogP contribution in [0.4, 0.5) is 11.4 Å². The molecule has 0 bridgehead atoms. The van der Waals surface area contributed by atoms with E-state index in [0.29, 0.717) is 29.7 Å². The number of carbonyl (C=O) groups is 2. The van der Waals surface area contributed by atoms with Gasteiger partial charge in [0.1, 0.15) is 0 Å². The van der Waals surface area contributed by atoms with Crippen LogP contribution in [0.5, 0.6) is 0 Å². The molecule has 1 N–H and O–H groups in total. The molecule has 0 saturated carbocycles. The number of aromatic nitrogens is 3. The van der Waals surface area contributed by atoms with Gasteiger partial charge in [0, 0.05) is 42.2 Å². The number of rotatable bonds is 6. The number of benzene rings is 1. The fourth-order valence-corrected chi connectivity index (χ4v) is 3.71. The molecule has 1 aromatic carbocycles. The summed E-state index contributed by atoms with van der Waals surface area (Å²) in [5.41, 5.74) is 1.81. The van der Waals surface area contributed by atoms with Crippen molar-refractivity contribution in [1.82, 2.24) is 15.0 Å². The van der Waals surface area contributed by atoms with Gasteiger partial charge in [0.2, 0.25) is 0 Å². The van der Waals surface area contributed by atoms with Crippen molar-refractivity contribution in [1.29, 1.82) is 0 Å². The molecule has 1 aliphatic rings. The van der Waals surface area contributed by atoms with Gasteiger partial charge in [-0.15, -0.1) is 11.3 Å². The zero-order valence-corrected chi connectivity index (χ0v) is 17.7. The van der Waals surface area contributed by atoms with Gasteiger partial charge >= 0.3 is 5.97 Å². The predicted molar refractivity (Wildman–Crippen MR) is 116 cm³/mol. The Kier molecular flexibility index (Phi) is 6.48. The maximum atomic E-state index is 12.4. The number of esters is 1. The third kappa shape index (κ3) is 5.22. The summed E-state index contributed by atoms with van der Waals surface area (Å²) in [7, 11) is 0. The zero-order valence-electron chi connectivity index (χ0n) is 16.9. The van der Waals surface area contributed by atoms with Gasteiger partial charge < -0.3 is 19.7 Å². The lowest BCUT2D eigenvalue weighted by molar-refractivity contribution is -0.123. The minimum absolute atomic E-state index is 0.113. The van der Waals surface area contributed by atoms with E-state index in [1.54, 1.807) is 23.8 Å². The van der Waals surface area contributed by atoms with E-state index in [0.717, 1.165) is 18.8 Å². The van der Waals surface area contributed by atoms with Gasteiger partial charge in [-0.05, 0) is 37.3 Å². The van der Waals surface area contributed by atoms with Gasteiger partial charge in [0.15, 0.2) is 22.6 Å². The molecule has 1 fully saturated rings. The van der Waals surface area contributed by atoms with Crippen molar-refractivity contribution < 1.29 is 19.1 Å². The minimum atomic E-state index is -0.982. The number of nitrogens with one attached hydrogen (secondary N) is 1. The highest BCUT2D eigenvalue weighted by Gasteiger charge is 2.22. The Morgan fingerprint density at radius 1 is 1.16 bits per heavy atom. The highest BCUT2D eigenvalue weighted by atomic mass is 32.1. The lowest BCUT2D eigenvalue weighted by Crippen LogP contribution is -2.36. The topological polar surface area (TPSA) is 107 Å². The third-order valence-corrected chi connectivity index (χ3v) is 5.47. The summed E-state index contributed by atoms with van der Waals surface area (Å²) in [5.74, 6) is -0.670. The van der Waals surface area contributed by atoms with Gasteiger partial charge in [-0.2, -0.15) is 0 Å². The smallest absolute Gasteiger partial charge is 0.358 e. The van der Waals surface area contributed by atoms with Crippen LogP contribution in [-0.2, 0) is 14.3 Å². The predicted octanol–water partition coefficient (Wildman–Crippen LogP) is 2.62. The molecular formula is C21H21N5O4S. The van der Waals surface area contributed by atoms with Crippen LogP contribution in [-0.4, -0.2) is 59.2 Å². The summed E-state index contributed by atoms with van der Waals surface area (Å²) in [4.78, 5) is 39.4. The average molecular weight is 439 g/mol. The Labute approximate surface area is 183 Å². The minimum Gasteiger partial charge on any atom is -0.448 e. The molecular weight excluding hydrogens is 418 g/mol. The molecule has 1 saturated heterocycles. The Morgan fingerprint density at radius 2 is 1.87 bits per heavy atom. The Hall–Kier alpha value is -3.37. The monoisotopic (exact) mass is 439 g/mol. The van der Waals surface area contributed by atoms with Crippen LogP contribution < -0.4 is 10.2 Å². The molecule has 1 amide bonds. The van der Waals surface area contributed by atoms with Crippen molar-refractivity contribution in [3.8, 4) is 10.8 Å². The third-order valence-electron chi connectivity index (χ3n) is 4.63. The number of carbonyl (C=O) groups excluding carboxylic acids is 2. The van der Waals surface area contributed by atoms with Crippen LogP contribution in [0.1, 0.15) is 17.4 Å². The fourth-order valence-electron chi connectivity index (χ4n) is 2.98. The Bertz CT molecular complexity index is 1040. The zero-order chi connectivity index (χ0) is 21.6. The van der Waals surface area contributed by atoms with Gasteiger partial charge in [-0.3, -0.25) is 4.79 Å². The van der Waals surface area contributed by atoms with E-state index in [9.17, 15) is 9.59 Å². The molecule has 0 spiro atoms. The number of hydrogen-bond donors (Lipinski definition) is 1. The van der Waals surface area contributed by atoms with Crippen molar-refractivity contribution in [3.63, 3.8) is 0 Å². The van der Waals surface area contributed by atoms with E-state index >= 15 is 0 Å². The van der Waals surface area contributed by atoms with Crippen LogP contribution in [0.25, 0.3) is 10.8 Å². The van der Waals surface area contributed by atoms with E-state index in [-0.39, 0.29) is 5.69 Å². The standard InChI is InChI=1S/C21H21N5O4S/c1-14(30-21(28)17-13-31-20(25-17)18-22-7-2-8-23-18)19(27)24-15-3-5-16(6-4-15)26-9-11-29-12-10-26/h2-8,13-14H,9-12H2,1H3,(H,24,27). The molecule has 10 heteroatoms. The van der Waals surface area contributed by atoms with Crippen LogP contribution in [0.2, 0.25) is 0 Å². The van der Waals surface area contributed by atoms with Crippen LogP contribution in [0.3, 0.4) is 0 Å². The summed E-state index contributed by atoms with van der Waals surface area (Å²) < 4.78 is 10.6. The van der Waals surface area contributed by atoms with Crippen molar-refractivity contribution in [2.24, 2.45) is 0 Å². The number of amides is 1. The van der Waals surface area contributed by atoms with Crippen molar-refractivity contribution in [3.05, 3.63) is 53.8 Å². The van der Waals surface area contributed by atoms with E-state index in [1.807, 2.05) is 24.3 Å². The molecule has 160 valence electrons. The lowest BCUT2D eigenvalue weighted by Gasteiger charge is -2.28. The van der Waals surface area contributed by atoms with Gasteiger partial charge in [-0.1, -0.05) is 0 Å². The molecule has 31 heavy (non-hydrogen) atoms. The number of thiazole rings is 1. The molecule has 3 heterocycles. The number of nitrogens with zero attached hydrogens (tertiary/aromatic N) is 4. The molecule has 4 rings (SSSR count).